The first-order chi connectivity index (χ1) is 9.08. The molecule has 0 aliphatic rings. The minimum absolute atomic E-state index is 0.103. The predicted molar refractivity (Wildman–Crippen MR) is 65.4 cm³/mol. The van der Waals surface area contributed by atoms with Gasteiger partial charge < -0.3 is 16.0 Å². The molecule has 0 spiro atoms. The molecule has 1 heterocycles. The zero-order chi connectivity index (χ0) is 13.8. The van der Waals surface area contributed by atoms with Gasteiger partial charge >= 0.3 is 0 Å². The minimum atomic E-state index is -0.946. The standard InChI is InChI=1S/C12H12F2N4O/c13-9-3-7(4-10(14)11(9)15)12(19)17-2-1-8-5-16-6-18-8/h3-6H,1-2,15H2,(H,16,18)(H,17,19). The average Bonchev–Trinajstić information content (AvgIpc) is 2.88. The Morgan fingerprint density at radius 3 is 2.63 bits per heavy atom. The SMILES string of the molecule is Nc1c(F)cc(C(=O)NCCc2cnc[nH]2)cc1F. The molecule has 0 bridgehead atoms. The van der Waals surface area contributed by atoms with Crippen molar-refractivity contribution in [2.24, 2.45) is 0 Å². The van der Waals surface area contributed by atoms with E-state index in [0.29, 0.717) is 13.0 Å². The smallest absolute Gasteiger partial charge is 0.251 e. The summed E-state index contributed by atoms with van der Waals surface area (Å²) in [6.07, 6.45) is 3.71. The Morgan fingerprint density at radius 1 is 1.37 bits per heavy atom. The molecular formula is C12H12F2N4O. The zero-order valence-electron chi connectivity index (χ0n) is 9.91. The van der Waals surface area contributed by atoms with Crippen molar-refractivity contribution in [1.29, 1.82) is 0 Å². The largest absolute Gasteiger partial charge is 0.394 e. The van der Waals surface area contributed by atoms with E-state index in [1.807, 2.05) is 0 Å². The van der Waals surface area contributed by atoms with Gasteiger partial charge in [0.2, 0.25) is 0 Å². The monoisotopic (exact) mass is 266 g/mol. The van der Waals surface area contributed by atoms with Gasteiger partial charge in [-0.15, -0.1) is 0 Å². The summed E-state index contributed by atoms with van der Waals surface area (Å²) in [5.41, 5.74) is 5.29. The number of halogens is 2. The number of nitrogens with two attached hydrogens (primary N) is 1. The molecule has 0 atom stereocenters. The van der Waals surface area contributed by atoms with Crippen molar-refractivity contribution in [3.8, 4) is 0 Å². The first kappa shape index (κ1) is 13.0. The highest BCUT2D eigenvalue weighted by molar-refractivity contribution is 5.94. The van der Waals surface area contributed by atoms with Crippen LogP contribution in [-0.4, -0.2) is 22.4 Å². The van der Waals surface area contributed by atoms with Crippen LogP contribution in [0.3, 0.4) is 0 Å². The summed E-state index contributed by atoms with van der Waals surface area (Å²) >= 11 is 0. The topological polar surface area (TPSA) is 83.8 Å². The lowest BCUT2D eigenvalue weighted by Gasteiger charge is -2.06. The second-order valence-corrected chi connectivity index (χ2v) is 3.94. The van der Waals surface area contributed by atoms with Crippen LogP contribution in [0.4, 0.5) is 14.5 Å². The van der Waals surface area contributed by atoms with Crippen LogP contribution in [0.1, 0.15) is 16.1 Å². The number of aromatic nitrogens is 2. The number of carbonyl (C=O) groups is 1. The molecule has 19 heavy (non-hydrogen) atoms. The van der Waals surface area contributed by atoms with Crippen LogP contribution >= 0.6 is 0 Å². The second-order valence-electron chi connectivity index (χ2n) is 3.94. The average molecular weight is 266 g/mol. The van der Waals surface area contributed by atoms with Gasteiger partial charge in [-0.1, -0.05) is 0 Å². The van der Waals surface area contributed by atoms with Crippen molar-refractivity contribution < 1.29 is 13.6 Å². The van der Waals surface area contributed by atoms with Gasteiger partial charge in [0.15, 0.2) is 0 Å². The molecule has 1 amide bonds. The van der Waals surface area contributed by atoms with Crippen LogP contribution in [-0.2, 0) is 6.42 Å². The van der Waals surface area contributed by atoms with Crippen LogP contribution in [0.25, 0.3) is 0 Å². The van der Waals surface area contributed by atoms with Crippen molar-refractivity contribution >= 4 is 11.6 Å². The quantitative estimate of drug-likeness (QED) is 0.728. The number of amides is 1. The third-order valence-electron chi connectivity index (χ3n) is 2.58. The molecule has 7 heteroatoms. The van der Waals surface area contributed by atoms with Crippen LogP contribution < -0.4 is 11.1 Å². The molecule has 0 aliphatic carbocycles. The number of nitrogens with one attached hydrogen (secondary N) is 2. The molecule has 0 saturated carbocycles. The van der Waals surface area contributed by atoms with Gasteiger partial charge in [0.25, 0.3) is 5.91 Å². The van der Waals surface area contributed by atoms with Crippen LogP contribution in [0.15, 0.2) is 24.7 Å². The van der Waals surface area contributed by atoms with E-state index in [1.165, 1.54) is 6.33 Å². The molecule has 0 radical (unpaired) electrons. The number of rotatable bonds is 4. The number of aromatic amines is 1. The molecule has 0 fully saturated rings. The Balaban J connectivity index is 1.96. The van der Waals surface area contributed by atoms with E-state index in [9.17, 15) is 13.6 Å². The summed E-state index contributed by atoms with van der Waals surface area (Å²) in [4.78, 5) is 18.4. The van der Waals surface area contributed by atoms with Gasteiger partial charge in [0.05, 0.1) is 6.33 Å². The van der Waals surface area contributed by atoms with E-state index >= 15 is 0 Å². The number of nitrogens with zero attached hydrogens (tertiary/aromatic N) is 1. The molecule has 4 N–H and O–H groups in total. The van der Waals surface area contributed by atoms with Gasteiger partial charge in [-0.3, -0.25) is 4.79 Å². The molecule has 0 aliphatic heterocycles. The van der Waals surface area contributed by atoms with Crippen molar-refractivity contribution in [1.82, 2.24) is 15.3 Å². The summed E-state index contributed by atoms with van der Waals surface area (Å²) in [7, 11) is 0. The number of H-pyrrole nitrogens is 1. The number of benzene rings is 1. The minimum Gasteiger partial charge on any atom is -0.394 e. The Morgan fingerprint density at radius 2 is 2.05 bits per heavy atom. The first-order valence-corrected chi connectivity index (χ1v) is 5.58. The van der Waals surface area contributed by atoms with E-state index < -0.39 is 23.2 Å². The first-order valence-electron chi connectivity index (χ1n) is 5.58. The fraction of sp³-hybridized carbons (Fsp3) is 0.167. The Bertz CT molecular complexity index is 560. The van der Waals surface area contributed by atoms with Crippen LogP contribution in [0, 0.1) is 11.6 Å². The summed E-state index contributed by atoms with van der Waals surface area (Å²) in [6.45, 7) is 0.328. The van der Waals surface area contributed by atoms with E-state index in [-0.39, 0.29) is 5.56 Å². The number of carbonyl (C=O) groups excluding carboxylic acids is 1. The molecule has 2 rings (SSSR count). The number of hydrogen-bond donors (Lipinski definition) is 3. The maximum absolute atomic E-state index is 13.2. The maximum Gasteiger partial charge on any atom is 0.251 e. The molecule has 0 saturated heterocycles. The Labute approximate surface area is 107 Å². The molecular weight excluding hydrogens is 254 g/mol. The van der Waals surface area contributed by atoms with Gasteiger partial charge in [0.1, 0.15) is 17.3 Å². The fourth-order valence-electron chi connectivity index (χ4n) is 1.55. The maximum atomic E-state index is 13.2. The number of imidazole rings is 1. The normalized spacial score (nSPS) is 10.4. The van der Waals surface area contributed by atoms with Crippen LogP contribution in [0.5, 0.6) is 0 Å². The summed E-state index contributed by atoms with van der Waals surface area (Å²) in [5.74, 6) is -2.45. The third kappa shape index (κ3) is 3.06. The molecule has 100 valence electrons. The Hall–Kier alpha value is -2.44. The van der Waals surface area contributed by atoms with E-state index in [0.717, 1.165) is 17.8 Å². The highest BCUT2D eigenvalue weighted by atomic mass is 19.1. The number of anilines is 1. The van der Waals surface area contributed by atoms with Gasteiger partial charge in [-0.2, -0.15) is 0 Å². The van der Waals surface area contributed by atoms with E-state index in [4.69, 9.17) is 5.73 Å². The second kappa shape index (κ2) is 5.47. The van der Waals surface area contributed by atoms with Gasteiger partial charge in [0, 0.05) is 30.4 Å². The fourth-order valence-corrected chi connectivity index (χ4v) is 1.55. The third-order valence-corrected chi connectivity index (χ3v) is 2.58. The molecule has 1 aromatic heterocycles. The lowest BCUT2D eigenvalue weighted by atomic mass is 10.1. The van der Waals surface area contributed by atoms with Crippen molar-refractivity contribution in [2.45, 2.75) is 6.42 Å². The highest BCUT2D eigenvalue weighted by Gasteiger charge is 2.12. The van der Waals surface area contributed by atoms with Crippen molar-refractivity contribution in [3.63, 3.8) is 0 Å². The van der Waals surface area contributed by atoms with E-state index in [1.54, 1.807) is 6.20 Å². The van der Waals surface area contributed by atoms with Gasteiger partial charge in [-0.25, -0.2) is 13.8 Å². The molecule has 2 aromatic rings. The Kier molecular flexibility index (Phi) is 3.74. The molecule has 5 nitrogen and oxygen atoms in total. The number of nitrogen functional groups attached to an aromatic ring is 1. The molecule has 0 unspecified atom stereocenters. The summed E-state index contributed by atoms with van der Waals surface area (Å²) < 4.78 is 26.4. The van der Waals surface area contributed by atoms with E-state index in [2.05, 4.69) is 15.3 Å². The van der Waals surface area contributed by atoms with Crippen LogP contribution in [0.2, 0.25) is 0 Å². The van der Waals surface area contributed by atoms with Gasteiger partial charge in [-0.05, 0) is 12.1 Å². The molecule has 1 aromatic carbocycles. The number of hydrogen-bond acceptors (Lipinski definition) is 3. The predicted octanol–water partition coefficient (Wildman–Crippen LogP) is 1.24. The lowest BCUT2D eigenvalue weighted by molar-refractivity contribution is 0.0953. The lowest BCUT2D eigenvalue weighted by Crippen LogP contribution is -2.26. The summed E-state index contributed by atoms with van der Waals surface area (Å²) in [6, 6.07) is 1.81. The highest BCUT2D eigenvalue weighted by Crippen LogP contribution is 2.17. The summed E-state index contributed by atoms with van der Waals surface area (Å²) in [5, 5.41) is 2.55. The zero-order valence-corrected chi connectivity index (χ0v) is 9.91. The van der Waals surface area contributed by atoms with Crippen molar-refractivity contribution in [3.05, 3.63) is 47.5 Å². The van der Waals surface area contributed by atoms with Crippen molar-refractivity contribution in [2.75, 3.05) is 12.3 Å².